The number of alkyl halides is 6. The maximum Gasteiger partial charge on any atom is 0.490 e. The lowest BCUT2D eigenvalue weighted by Crippen LogP contribution is -2.52. The van der Waals surface area contributed by atoms with Crippen molar-refractivity contribution in [1.82, 2.24) is 15.0 Å². The number of halogens is 6. The molecule has 216 valence electrons. The number of carboxylic acids is 2. The minimum Gasteiger partial charge on any atom is -0.481 e. The highest BCUT2D eigenvalue weighted by Gasteiger charge is 2.44. The summed E-state index contributed by atoms with van der Waals surface area (Å²) in [5.74, 6) is -4.05. The van der Waals surface area contributed by atoms with Crippen LogP contribution < -0.4 is 9.64 Å². The van der Waals surface area contributed by atoms with Crippen molar-refractivity contribution in [3.05, 3.63) is 42.5 Å². The lowest BCUT2D eigenvalue weighted by molar-refractivity contribution is -0.193. The smallest absolute Gasteiger partial charge is 0.481 e. The molecule has 1 aliphatic carbocycles. The van der Waals surface area contributed by atoms with Crippen molar-refractivity contribution >= 4 is 17.8 Å². The van der Waals surface area contributed by atoms with Gasteiger partial charge >= 0.3 is 24.3 Å². The standard InChI is InChI=1S/C18H22N4O3.2C2HF3O2/c1-23-17-9-16(20-12-21-17)22-7-8-24-18-14(22)4-5-15(18)25-11-13-3-2-6-19-10-13;2*3-2(4,5)1(6)7/h2-3,6,9-10,12,14-15,18H,4-5,7-8,11H2,1H3;2*(H,6,7)/t14-,15-,18+;;/m0../s1. The van der Waals surface area contributed by atoms with Crippen molar-refractivity contribution in [1.29, 1.82) is 0 Å². The Morgan fingerprint density at radius 1 is 1.10 bits per heavy atom. The van der Waals surface area contributed by atoms with E-state index in [1.165, 1.54) is 0 Å². The summed E-state index contributed by atoms with van der Waals surface area (Å²) >= 11 is 0. The van der Waals surface area contributed by atoms with Crippen LogP contribution in [0.1, 0.15) is 18.4 Å². The van der Waals surface area contributed by atoms with E-state index in [2.05, 4.69) is 19.9 Å². The molecule has 0 spiro atoms. The molecule has 11 nitrogen and oxygen atoms in total. The van der Waals surface area contributed by atoms with Gasteiger partial charge in [-0.1, -0.05) is 6.07 Å². The third kappa shape index (κ3) is 9.82. The third-order valence-corrected chi connectivity index (χ3v) is 5.34. The fourth-order valence-electron chi connectivity index (χ4n) is 3.66. The topological polar surface area (TPSA) is 144 Å². The molecule has 0 radical (unpaired) electrons. The van der Waals surface area contributed by atoms with E-state index in [4.69, 9.17) is 34.0 Å². The number of hydrogen-bond acceptors (Lipinski definition) is 9. The van der Waals surface area contributed by atoms with E-state index >= 15 is 0 Å². The average molecular weight is 570 g/mol. The first-order valence-corrected chi connectivity index (χ1v) is 11.1. The molecule has 2 fully saturated rings. The van der Waals surface area contributed by atoms with Gasteiger partial charge in [0.25, 0.3) is 0 Å². The Kier molecular flexibility index (Phi) is 11.2. The number of aromatic nitrogens is 3. The molecule has 39 heavy (non-hydrogen) atoms. The number of carboxylic acid groups (broad SMARTS) is 2. The van der Waals surface area contributed by atoms with E-state index in [-0.39, 0.29) is 18.2 Å². The molecular weight excluding hydrogens is 546 g/mol. The summed E-state index contributed by atoms with van der Waals surface area (Å²) in [6.45, 7) is 2.04. The zero-order chi connectivity index (χ0) is 29.2. The minimum absolute atomic E-state index is 0.0615. The maximum atomic E-state index is 10.6. The highest BCUT2D eigenvalue weighted by atomic mass is 19.4. The molecule has 3 heterocycles. The summed E-state index contributed by atoms with van der Waals surface area (Å²) in [6, 6.07) is 6.11. The monoisotopic (exact) mass is 570 g/mol. The van der Waals surface area contributed by atoms with Gasteiger partial charge in [-0.2, -0.15) is 26.3 Å². The van der Waals surface area contributed by atoms with Gasteiger partial charge in [-0.25, -0.2) is 19.6 Å². The Hall–Kier alpha value is -3.73. The van der Waals surface area contributed by atoms with Gasteiger partial charge in [0.15, 0.2) is 0 Å². The van der Waals surface area contributed by atoms with Gasteiger partial charge in [0.05, 0.1) is 32.5 Å². The number of ether oxygens (including phenoxy) is 3. The number of methoxy groups -OCH3 is 1. The SMILES string of the molecule is COc1cc(N2CCO[C@H]3[C@@H](OCc4cccnc4)CC[C@@H]32)ncn1.O=C(O)C(F)(F)F.O=C(O)C(F)(F)F. The van der Waals surface area contributed by atoms with Crippen LogP contribution in [0.3, 0.4) is 0 Å². The lowest BCUT2D eigenvalue weighted by Gasteiger charge is -2.39. The number of aliphatic carboxylic acids is 2. The Labute approximate surface area is 217 Å². The van der Waals surface area contributed by atoms with Crippen LogP contribution >= 0.6 is 0 Å². The summed E-state index contributed by atoms with van der Waals surface area (Å²) in [5.41, 5.74) is 1.08. The Morgan fingerprint density at radius 2 is 1.74 bits per heavy atom. The van der Waals surface area contributed by atoms with Gasteiger partial charge in [-0.05, 0) is 24.5 Å². The second-order valence-electron chi connectivity index (χ2n) is 7.91. The van der Waals surface area contributed by atoms with Crippen LogP contribution in [0.2, 0.25) is 0 Å². The highest BCUT2D eigenvalue weighted by Crippen LogP contribution is 2.35. The summed E-state index contributed by atoms with van der Waals surface area (Å²) in [6.07, 6.45) is -2.85. The normalized spacial score (nSPS) is 20.5. The summed E-state index contributed by atoms with van der Waals surface area (Å²) in [7, 11) is 1.62. The predicted octanol–water partition coefficient (Wildman–Crippen LogP) is 3.10. The molecule has 1 aliphatic heterocycles. The zero-order valence-electron chi connectivity index (χ0n) is 20.2. The first kappa shape index (κ1) is 31.5. The number of fused-ring (bicyclic) bond motifs is 1. The van der Waals surface area contributed by atoms with E-state index in [1.54, 1.807) is 19.6 Å². The maximum absolute atomic E-state index is 10.6. The Balaban J connectivity index is 0.000000317. The van der Waals surface area contributed by atoms with Crippen LogP contribution in [-0.2, 0) is 25.7 Å². The van der Waals surface area contributed by atoms with Gasteiger partial charge in [-0.15, -0.1) is 0 Å². The van der Waals surface area contributed by atoms with E-state index in [0.717, 1.165) is 30.8 Å². The Bertz CT molecular complexity index is 1050. The van der Waals surface area contributed by atoms with Crippen LogP contribution in [0.4, 0.5) is 32.2 Å². The quantitative estimate of drug-likeness (QED) is 0.512. The first-order valence-electron chi connectivity index (χ1n) is 11.1. The molecule has 2 aliphatic rings. The number of rotatable bonds is 5. The summed E-state index contributed by atoms with van der Waals surface area (Å²) in [4.78, 5) is 32.7. The molecule has 0 amide bonds. The van der Waals surface area contributed by atoms with Gasteiger partial charge in [0.1, 0.15) is 18.2 Å². The lowest BCUT2D eigenvalue weighted by atomic mass is 10.1. The summed E-state index contributed by atoms with van der Waals surface area (Å²) in [5, 5.41) is 14.2. The molecule has 0 aromatic carbocycles. The van der Waals surface area contributed by atoms with Crippen LogP contribution in [0.5, 0.6) is 5.88 Å². The molecule has 17 heteroatoms. The van der Waals surface area contributed by atoms with Crippen LogP contribution in [0.25, 0.3) is 0 Å². The minimum atomic E-state index is -5.08. The molecule has 0 bridgehead atoms. The van der Waals surface area contributed by atoms with E-state index in [9.17, 15) is 26.3 Å². The molecule has 3 atom stereocenters. The van der Waals surface area contributed by atoms with Crippen LogP contribution in [-0.4, -0.2) is 88.0 Å². The fourth-order valence-corrected chi connectivity index (χ4v) is 3.66. The molecule has 2 N–H and O–H groups in total. The molecule has 2 aromatic heterocycles. The number of nitrogens with zero attached hydrogens (tertiary/aromatic N) is 4. The molecule has 1 saturated heterocycles. The van der Waals surface area contributed by atoms with Crippen molar-refractivity contribution in [2.24, 2.45) is 0 Å². The summed E-state index contributed by atoms with van der Waals surface area (Å²) < 4.78 is 80.9. The molecule has 4 rings (SSSR count). The number of hydrogen-bond donors (Lipinski definition) is 2. The molecule has 1 saturated carbocycles. The fraction of sp³-hybridized carbons (Fsp3) is 0.500. The van der Waals surface area contributed by atoms with Crippen molar-refractivity contribution in [2.45, 2.75) is 50.1 Å². The first-order chi connectivity index (χ1) is 18.2. The van der Waals surface area contributed by atoms with Gasteiger partial charge < -0.3 is 29.3 Å². The number of anilines is 1. The van der Waals surface area contributed by atoms with Crippen LogP contribution in [0.15, 0.2) is 36.9 Å². The largest absolute Gasteiger partial charge is 0.490 e. The van der Waals surface area contributed by atoms with E-state index in [0.29, 0.717) is 19.1 Å². The predicted molar refractivity (Wildman–Crippen MR) is 119 cm³/mol. The average Bonchev–Trinajstić information content (AvgIpc) is 3.31. The number of morpholine rings is 1. The van der Waals surface area contributed by atoms with Crippen molar-refractivity contribution in [3.8, 4) is 5.88 Å². The van der Waals surface area contributed by atoms with Crippen molar-refractivity contribution in [3.63, 3.8) is 0 Å². The molecular formula is C22H24F6N4O7. The highest BCUT2D eigenvalue weighted by molar-refractivity contribution is 5.73. The van der Waals surface area contributed by atoms with Crippen molar-refractivity contribution < 1.29 is 60.4 Å². The van der Waals surface area contributed by atoms with Gasteiger partial charge in [-0.3, -0.25) is 4.98 Å². The van der Waals surface area contributed by atoms with Gasteiger partial charge in [0, 0.05) is 25.0 Å². The Morgan fingerprint density at radius 3 is 2.28 bits per heavy atom. The van der Waals surface area contributed by atoms with E-state index < -0.39 is 24.3 Å². The van der Waals surface area contributed by atoms with E-state index in [1.807, 2.05) is 24.4 Å². The van der Waals surface area contributed by atoms with Gasteiger partial charge in [0.2, 0.25) is 5.88 Å². The zero-order valence-corrected chi connectivity index (χ0v) is 20.2. The van der Waals surface area contributed by atoms with Crippen molar-refractivity contribution in [2.75, 3.05) is 25.2 Å². The third-order valence-electron chi connectivity index (χ3n) is 5.34. The number of pyridine rings is 1. The molecule has 2 aromatic rings. The second-order valence-corrected chi connectivity index (χ2v) is 7.91. The number of carbonyl (C=O) groups is 2. The second kappa shape index (κ2) is 13.9. The van der Waals surface area contributed by atoms with Crippen LogP contribution in [0, 0.1) is 0 Å². The molecule has 0 unspecified atom stereocenters.